The smallest absolute Gasteiger partial charge is 0.328 e. The van der Waals surface area contributed by atoms with Gasteiger partial charge in [-0.3, -0.25) is 14.9 Å². The van der Waals surface area contributed by atoms with E-state index in [1.807, 2.05) is 0 Å². The van der Waals surface area contributed by atoms with Gasteiger partial charge in [-0.2, -0.15) is 0 Å². The Hall–Kier alpha value is -1.96. The summed E-state index contributed by atoms with van der Waals surface area (Å²) in [5.74, 6) is -0.527. The van der Waals surface area contributed by atoms with Crippen LogP contribution in [0, 0.1) is 10.1 Å². The van der Waals surface area contributed by atoms with Crippen LogP contribution < -0.4 is 0 Å². The summed E-state index contributed by atoms with van der Waals surface area (Å²) in [6.07, 6.45) is 0.909. The van der Waals surface area contributed by atoms with Crippen LogP contribution in [0.5, 0.6) is 0 Å². The number of hydrogen-bond acceptors (Lipinski definition) is 7. The lowest BCUT2D eigenvalue weighted by atomic mass is 10.2. The molecule has 0 radical (unpaired) electrons. The Bertz CT molecular complexity index is 454. The highest BCUT2D eigenvalue weighted by atomic mass is 32.1. The second kappa shape index (κ2) is 5.94. The van der Waals surface area contributed by atoms with E-state index in [-0.39, 0.29) is 23.6 Å². The summed E-state index contributed by atoms with van der Waals surface area (Å²) in [7, 11) is 0. The predicted octanol–water partition coefficient (Wildman–Crippen LogP) is 1.57. The van der Waals surface area contributed by atoms with E-state index in [4.69, 9.17) is 9.94 Å². The van der Waals surface area contributed by atoms with Crippen LogP contribution in [0.1, 0.15) is 17.4 Å². The van der Waals surface area contributed by atoms with Crippen LogP contribution in [0.25, 0.3) is 0 Å². The average molecular weight is 258 g/mol. The Labute approximate surface area is 100 Å². The van der Waals surface area contributed by atoms with Crippen molar-refractivity contribution < 1.29 is 19.7 Å². The van der Waals surface area contributed by atoms with Crippen LogP contribution in [0.2, 0.25) is 0 Å². The molecule has 0 aromatic carbocycles. The van der Waals surface area contributed by atoms with E-state index in [9.17, 15) is 14.9 Å². The van der Waals surface area contributed by atoms with Gasteiger partial charge in [0.2, 0.25) is 0 Å². The third-order valence-electron chi connectivity index (χ3n) is 1.80. The zero-order valence-corrected chi connectivity index (χ0v) is 9.77. The van der Waals surface area contributed by atoms with Crippen molar-refractivity contribution in [2.45, 2.75) is 13.3 Å². The molecule has 1 N–H and O–H groups in total. The van der Waals surface area contributed by atoms with Gasteiger partial charge in [-0.1, -0.05) is 16.5 Å². The molecule has 0 atom stereocenters. The summed E-state index contributed by atoms with van der Waals surface area (Å²) in [4.78, 5) is 21.8. The molecule has 1 heterocycles. The lowest BCUT2D eigenvalue weighted by Crippen LogP contribution is -2.07. The second-order valence-electron chi connectivity index (χ2n) is 2.96. The minimum Gasteiger partial charge on any atom is -0.466 e. The van der Waals surface area contributed by atoms with Gasteiger partial charge in [0.25, 0.3) is 0 Å². The van der Waals surface area contributed by atoms with Gasteiger partial charge >= 0.3 is 11.0 Å². The molecule has 1 aromatic rings. The van der Waals surface area contributed by atoms with Crippen molar-refractivity contribution in [3.63, 3.8) is 0 Å². The maximum Gasteiger partial charge on any atom is 0.328 e. The van der Waals surface area contributed by atoms with E-state index >= 15 is 0 Å². The van der Waals surface area contributed by atoms with Gasteiger partial charge in [0.15, 0.2) is 0 Å². The van der Waals surface area contributed by atoms with Crippen LogP contribution >= 0.6 is 11.3 Å². The highest BCUT2D eigenvalue weighted by Gasteiger charge is 2.21. The molecule has 8 heteroatoms. The van der Waals surface area contributed by atoms with Crippen molar-refractivity contribution in [1.82, 2.24) is 0 Å². The third kappa shape index (κ3) is 3.52. The lowest BCUT2D eigenvalue weighted by Gasteiger charge is -1.98. The normalized spacial score (nSPS) is 10.6. The maximum atomic E-state index is 11.2. The molecule has 1 aromatic heterocycles. The average Bonchev–Trinajstić information content (AvgIpc) is 2.62. The van der Waals surface area contributed by atoms with Gasteiger partial charge < -0.3 is 9.94 Å². The van der Waals surface area contributed by atoms with E-state index < -0.39 is 10.9 Å². The Morgan fingerprint density at radius 2 is 2.47 bits per heavy atom. The molecular formula is C9H10N2O5S. The molecular weight excluding hydrogens is 248 g/mol. The Morgan fingerprint density at radius 1 is 1.76 bits per heavy atom. The summed E-state index contributed by atoms with van der Waals surface area (Å²) >= 11 is 0.836. The molecule has 0 saturated heterocycles. The molecule has 0 spiro atoms. The van der Waals surface area contributed by atoms with Crippen LogP contribution in [-0.2, 0) is 16.0 Å². The number of oxime groups is 1. The van der Waals surface area contributed by atoms with Crippen LogP contribution in [-0.4, -0.2) is 28.9 Å². The van der Waals surface area contributed by atoms with E-state index in [1.54, 1.807) is 6.92 Å². The maximum absolute atomic E-state index is 11.2. The van der Waals surface area contributed by atoms with Gasteiger partial charge in [0.05, 0.1) is 34.6 Å². The van der Waals surface area contributed by atoms with Crippen LogP contribution in [0.3, 0.4) is 0 Å². The first-order valence-electron chi connectivity index (χ1n) is 4.68. The third-order valence-corrected chi connectivity index (χ3v) is 2.86. The highest BCUT2D eigenvalue weighted by Crippen LogP contribution is 2.29. The minimum atomic E-state index is -0.575. The molecule has 0 bridgehead atoms. The van der Waals surface area contributed by atoms with Crippen LogP contribution in [0.15, 0.2) is 11.2 Å². The molecule has 7 nitrogen and oxygen atoms in total. The first kappa shape index (κ1) is 13.1. The number of rotatable bonds is 5. The molecule has 0 unspecified atom stereocenters. The number of carbonyl (C=O) groups is 1. The number of hydrogen-bond donors (Lipinski definition) is 1. The predicted molar refractivity (Wildman–Crippen MR) is 60.7 cm³/mol. The molecule has 1 rings (SSSR count). The monoisotopic (exact) mass is 258 g/mol. The summed E-state index contributed by atoms with van der Waals surface area (Å²) in [5.41, 5.74) is 0.258. The van der Waals surface area contributed by atoms with Crippen molar-refractivity contribution in [3.05, 3.63) is 26.6 Å². The van der Waals surface area contributed by atoms with Crippen LogP contribution in [0.4, 0.5) is 5.00 Å². The topological polar surface area (TPSA) is 102 Å². The van der Waals surface area contributed by atoms with E-state index in [1.165, 1.54) is 6.07 Å². The first-order valence-corrected chi connectivity index (χ1v) is 5.50. The van der Waals surface area contributed by atoms with Gasteiger partial charge in [-0.25, -0.2) is 0 Å². The number of carbonyl (C=O) groups excluding carboxylic acids is 1. The fourth-order valence-electron chi connectivity index (χ4n) is 1.21. The highest BCUT2D eigenvalue weighted by molar-refractivity contribution is 7.17. The molecule has 0 amide bonds. The van der Waals surface area contributed by atoms with E-state index in [2.05, 4.69) is 5.16 Å². The number of nitro groups is 1. The second-order valence-corrected chi connectivity index (χ2v) is 4.02. The Morgan fingerprint density at radius 3 is 3.00 bits per heavy atom. The molecule has 92 valence electrons. The summed E-state index contributed by atoms with van der Waals surface area (Å²) < 4.78 is 4.71. The zero-order valence-electron chi connectivity index (χ0n) is 8.95. The molecule has 0 aliphatic carbocycles. The van der Waals surface area contributed by atoms with Crippen molar-refractivity contribution in [2.24, 2.45) is 5.16 Å². The van der Waals surface area contributed by atoms with Crippen molar-refractivity contribution in [3.8, 4) is 0 Å². The van der Waals surface area contributed by atoms with Crippen molar-refractivity contribution in [1.29, 1.82) is 0 Å². The number of esters is 1. The van der Waals surface area contributed by atoms with Gasteiger partial charge in [0.1, 0.15) is 0 Å². The molecule has 0 saturated carbocycles. The van der Waals surface area contributed by atoms with E-state index in [0.29, 0.717) is 4.88 Å². The first-order chi connectivity index (χ1) is 8.08. The van der Waals surface area contributed by atoms with Crippen molar-refractivity contribution >= 4 is 28.5 Å². The molecule has 0 fully saturated rings. The Balaban J connectivity index is 2.96. The molecule has 0 aliphatic heterocycles. The standard InChI is InChI=1S/C9H10N2O5S/c1-2-16-8(12)4-6-3-7(5-10-13)17-9(6)11(14)15/h3,5,13H,2,4H2,1H3. The van der Waals surface area contributed by atoms with E-state index in [0.717, 1.165) is 17.6 Å². The SMILES string of the molecule is CCOC(=O)Cc1cc(C=NO)sc1[N+](=O)[O-]. The molecule has 17 heavy (non-hydrogen) atoms. The fourth-order valence-corrected chi connectivity index (χ4v) is 2.07. The number of ether oxygens (including phenoxy) is 1. The summed E-state index contributed by atoms with van der Waals surface area (Å²) in [6.45, 7) is 1.88. The largest absolute Gasteiger partial charge is 0.466 e. The van der Waals surface area contributed by atoms with Gasteiger partial charge in [-0.15, -0.1) is 0 Å². The number of thiophene rings is 1. The lowest BCUT2D eigenvalue weighted by molar-refractivity contribution is -0.380. The zero-order chi connectivity index (χ0) is 12.8. The molecule has 0 aliphatic rings. The van der Waals surface area contributed by atoms with Gasteiger partial charge in [-0.05, 0) is 13.0 Å². The van der Waals surface area contributed by atoms with Crippen molar-refractivity contribution in [2.75, 3.05) is 6.61 Å². The fraction of sp³-hybridized carbons (Fsp3) is 0.333. The van der Waals surface area contributed by atoms with Gasteiger partial charge in [0, 0.05) is 0 Å². The quantitative estimate of drug-likeness (QED) is 0.284. The Kier molecular flexibility index (Phi) is 4.58. The minimum absolute atomic E-state index is 0.145. The summed E-state index contributed by atoms with van der Waals surface area (Å²) in [5, 5.41) is 21.7. The number of nitrogens with zero attached hydrogens (tertiary/aromatic N) is 2. The summed E-state index contributed by atoms with van der Waals surface area (Å²) in [6, 6.07) is 1.43.